The number of nitrogens with one attached hydrogen (secondary N) is 2. The number of urea groups is 2. The Labute approximate surface area is 99.2 Å². The van der Waals surface area contributed by atoms with Crippen LogP contribution in [0.25, 0.3) is 0 Å². The highest BCUT2D eigenvalue weighted by atomic mass is 16.3. The van der Waals surface area contributed by atoms with Crippen LogP contribution in [0.2, 0.25) is 0 Å². The van der Waals surface area contributed by atoms with Crippen molar-refractivity contribution in [1.82, 2.24) is 10.2 Å². The van der Waals surface area contributed by atoms with Gasteiger partial charge in [0, 0.05) is 19.3 Å². The Morgan fingerprint density at radius 2 is 1.82 bits per heavy atom. The van der Waals surface area contributed by atoms with Crippen LogP contribution < -0.4 is 10.6 Å². The van der Waals surface area contributed by atoms with Gasteiger partial charge in [-0.2, -0.15) is 0 Å². The second-order valence-corrected chi connectivity index (χ2v) is 3.37. The molecule has 0 unspecified atom stereocenters. The summed E-state index contributed by atoms with van der Waals surface area (Å²) in [5, 5.41) is 14.1. The van der Waals surface area contributed by atoms with Gasteiger partial charge in [-0.25, -0.2) is 14.5 Å². The number of rotatable bonds is 2. The molecular weight excluding hydrogens is 222 g/mol. The summed E-state index contributed by atoms with van der Waals surface area (Å²) >= 11 is 0. The lowest BCUT2D eigenvalue weighted by Gasteiger charge is -2.16. The molecule has 3 N–H and O–H groups in total. The highest BCUT2D eigenvalue weighted by molar-refractivity contribution is 6.00. The van der Waals surface area contributed by atoms with Crippen molar-refractivity contribution in [3.63, 3.8) is 0 Å². The molecule has 0 saturated heterocycles. The zero-order valence-electron chi connectivity index (χ0n) is 9.73. The highest BCUT2D eigenvalue weighted by Crippen LogP contribution is 2.13. The molecule has 0 radical (unpaired) electrons. The maximum atomic E-state index is 11.6. The van der Waals surface area contributed by atoms with E-state index in [9.17, 15) is 9.59 Å². The normalized spacial score (nSPS) is 9.53. The average Bonchev–Trinajstić information content (AvgIpc) is 2.31. The highest BCUT2D eigenvalue weighted by Gasteiger charge is 2.15. The summed E-state index contributed by atoms with van der Waals surface area (Å²) in [5.41, 5.74) is 0.504. The fourth-order valence-electron chi connectivity index (χ4n) is 1.11. The van der Waals surface area contributed by atoms with Crippen LogP contribution in [0.3, 0.4) is 0 Å². The first kappa shape index (κ1) is 12.8. The number of nitrogens with zero attached hydrogens (tertiary/aromatic N) is 1. The molecule has 4 amide bonds. The van der Waals surface area contributed by atoms with Crippen LogP contribution in [0.4, 0.5) is 15.3 Å². The van der Waals surface area contributed by atoms with Crippen molar-refractivity contribution in [2.75, 3.05) is 18.9 Å². The van der Waals surface area contributed by atoms with Gasteiger partial charge >= 0.3 is 12.1 Å². The Hall–Kier alpha value is -2.24. The van der Waals surface area contributed by atoms with Gasteiger partial charge in [-0.3, -0.25) is 0 Å². The van der Waals surface area contributed by atoms with Crippen LogP contribution in [0.5, 0.6) is 5.75 Å². The van der Waals surface area contributed by atoms with Crippen LogP contribution in [-0.4, -0.2) is 35.7 Å². The first-order chi connectivity index (χ1) is 8.04. The maximum Gasteiger partial charge on any atom is 0.329 e. The number of hydrogen-bond acceptors (Lipinski definition) is 3. The Morgan fingerprint density at radius 1 is 1.24 bits per heavy atom. The number of imide groups is 1. The van der Waals surface area contributed by atoms with Crippen molar-refractivity contribution < 1.29 is 14.7 Å². The largest absolute Gasteiger partial charge is 0.508 e. The van der Waals surface area contributed by atoms with E-state index in [0.29, 0.717) is 12.2 Å². The van der Waals surface area contributed by atoms with Crippen molar-refractivity contribution in [2.24, 2.45) is 0 Å². The molecule has 0 aromatic heterocycles. The molecule has 1 rings (SSSR count). The van der Waals surface area contributed by atoms with E-state index < -0.39 is 12.1 Å². The van der Waals surface area contributed by atoms with Crippen LogP contribution in [0, 0.1) is 0 Å². The molecule has 6 heteroatoms. The Morgan fingerprint density at radius 3 is 2.35 bits per heavy atom. The second-order valence-electron chi connectivity index (χ2n) is 3.37. The smallest absolute Gasteiger partial charge is 0.329 e. The van der Waals surface area contributed by atoms with Gasteiger partial charge in [0.15, 0.2) is 0 Å². The fourth-order valence-corrected chi connectivity index (χ4v) is 1.11. The third-order valence-electron chi connectivity index (χ3n) is 2.06. The summed E-state index contributed by atoms with van der Waals surface area (Å²) in [7, 11) is 1.38. The summed E-state index contributed by atoms with van der Waals surface area (Å²) in [6, 6.07) is 4.96. The van der Waals surface area contributed by atoms with Gasteiger partial charge in [0.2, 0.25) is 0 Å². The van der Waals surface area contributed by atoms with Crippen molar-refractivity contribution >= 4 is 17.7 Å². The van der Waals surface area contributed by atoms with E-state index in [1.54, 1.807) is 19.1 Å². The van der Waals surface area contributed by atoms with Crippen LogP contribution in [0.1, 0.15) is 6.92 Å². The molecule has 0 spiro atoms. The second kappa shape index (κ2) is 5.74. The third kappa shape index (κ3) is 3.67. The zero-order chi connectivity index (χ0) is 12.8. The lowest BCUT2D eigenvalue weighted by atomic mass is 10.3. The topological polar surface area (TPSA) is 81.7 Å². The van der Waals surface area contributed by atoms with E-state index >= 15 is 0 Å². The number of phenolic OH excluding ortho intramolecular Hbond substituents is 1. The van der Waals surface area contributed by atoms with Gasteiger partial charge in [0.05, 0.1) is 0 Å². The van der Waals surface area contributed by atoms with E-state index in [0.717, 1.165) is 4.90 Å². The van der Waals surface area contributed by atoms with Gasteiger partial charge in [-0.05, 0) is 31.2 Å². The van der Waals surface area contributed by atoms with Crippen LogP contribution in [0.15, 0.2) is 24.3 Å². The summed E-state index contributed by atoms with van der Waals surface area (Å²) in [5.74, 6) is 0.111. The van der Waals surface area contributed by atoms with E-state index in [2.05, 4.69) is 10.6 Å². The number of amides is 4. The number of benzene rings is 1. The molecule has 0 atom stereocenters. The standard InChI is InChI=1S/C11H15N3O3/c1-3-12-10(16)14(2)11(17)13-8-4-6-9(15)7-5-8/h4-7,15H,3H2,1-2H3,(H,12,16)(H,13,17). The van der Waals surface area contributed by atoms with Gasteiger partial charge in [0.25, 0.3) is 0 Å². The molecule has 0 fully saturated rings. The Balaban J connectivity index is 2.59. The monoisotopic (exact) mass is 237 g/mol. The van der Waals surface area contributed by atoms with Crippen molar-refractivity contribution in [1.29, 1.82) is 0 Å². The molecule has 17 heavy (non-hydrogen) atoms. The molecule has 1 aromatic carbocycles. The summed E-state index contributed by atoms with van der Waals surface area (Å²) in [4.78, 5) is 23.9. The van der Waals surface area contributed by atoms with E-state index in [1.807, 2.05) is 0 Å². The van der Waals surface area contributed by atoms with E-state index in [1.165, 1.54) is 19.2 Å². The molecule has 0 saturated carbocycles. The number of aromatic hydroxyl groups is 1. The zero-order valence-corrected chi connectivity index (χ0v) is 9.73. The molecule has 6 nitrogen and oxygen atoms in total. The van der Waals surface area contributed by atoms with Gasteiger partial charge in [-0.1, -0.05) is 0 Å². The molecular formula is C11H15N3O3. The number of phenols is 1. The first-order valence-corrected chi connectivity index (χ1v) is 5.16. The Kier molecular flexibility index (Phi) is 4.33. The first-order valence-electron chi connectivity index (χ1n) is 5.16. The minimum absolute atomic E-state index is 0.111. The van der Waals surface area contributed by atoms with Crippen molar-refractivity contribution in [3.05, 3.63) is 24.3 Å². The van der Waals surface area contributed by atoms with Crippen LogP contribution in [-0.2, 0) is 0 Å². The lowest BCUT2D eigenvalue weighted by Crippen LogP contribution is -2.43. The number of anilines is 1. The minimum Gasteiger partial charge on any atom is -0.508 e. The Bertz CT molecular complexity index is 403. The summed E-state index contributed by atoms with van der Waals surface area (Å²) in [6.07, 6.45) is 0. The van der Waals surface area contributed by atoms with Crippen molar-refractivity contribution in [3.8, 4) is 5.75 Å². The quantitative estimate of drug-likeness (QED) is 0.683. The van der Waals surface area contributed by atoms with Gasteiger partial charge in [-0.15, -0.1) is 0 Å². The lowest BCUT2D eigenvalue weighted by molar-refractivity contribution is 0.202. The van der Waals surface area contributed by atoms with E-state index in [-0.39, 0.29) is 5.75 Å². The molecule has 0 heterocycles. The number of hydrogen-bond donors (Lipinski definition) is 3. The third-order valence-corrected chi connectivity index (χ3v) is 2.06. The number of carbonyl (C=O) groups is 2. The van der Waals surface area contributed by atoms with Crippen LogP contribution >= 0.6 is 0 Å². The summed E-state index contributed by atoms with van der Waals surface area (Å²) in [6.45, 7) is 2.22. The molecule has 0 aliphatic rings. The molecule has 92 valence electrons. The predicted octanol–water partition coefficient (Wildman–Crippen LogP) is 1.59. The average molecular weight is 237 g/mol. The van der Waals surface area contributed by atoms with E-state index in [4.69, 9.17) is 5.11 Å². The maximum absolute atomic E-state index is 11.6. The SMILES string of the molecule is CCNC(=O)N(C)C(=O)Nc1ccc(O)cc1. The minimum atomic E-state index is -0.540. The molecule has 0 bridgehead atoms. The van der Waals surface area contributed by atoms with Crippen molar-refractivity contribution in [2.45, 2.75) is 6.92 Å². The van der Waals surface area contributed by atoms with Gasteiger partial charge in [0.1, 0.15) is 5.75 Å². The molecule has 0 aliphatic carbocycles. The fraction of sp³-hybridized carbons (Fsp3) is 0.273. The molecule has 0 aliphatic heterocycles. The summed E-state index contributed by atoms with van der Waals surface area (Å²) < 4.78 is 0. The van der Waals surface area contributed by atoms with Gasteiger partial charge < -0.3 is 15.7 Å². The molecule has 1 aromatic rings. The predicted molar refractivity (Wildman–Crippen MR) is 64.0 cm³/mol. The number of carbonyl (C=O) groups excluding carboxylic acids is 2.